The summed E-state index contributed by atoms with van der Waals surface area (Å²) in [5.74, 6) is -0.199. The zero-order chi connectivity index (χ0) is 20.7. The number of ether oxygens (including phenoxy) is 2. The Morgan fingerprint density at radius 1 is 0.786 bits per heavy atom. The molecule has 0 aromatic heterocycles. The first-order chi connectivity index (χ1) is 13.8. The molecule has 0 amide bonds. The van der Waals surface area contributed by atoms with Gasteiger partial charge in [-0.1, -0.05) is 82.4 Å². The van der Waals surface area contributed by atoms with Crippen LogP contribution in [-0.4, -0.2) is 25.3 Å². The molecule has 0 rings (SSSR count). The van der Waals surface area contributed by atoms with Crippen molar-refractivity contribution < 1.29 is 14.3 Å². The Bertz CT molecular complexity index is 424. The number of carbonyl (C=O) groups is 1. The topological polar surface area (TPSA) is 35.5 Å². The molecule has 0 saturated carbocycles. The molecule has 0 aliphatic carbocycles. The van der Waals surface area contributed by atoms with Gasteiger partial charge >= 0.3 is 5.97 Å². The van der Waals surface area contributed by atoms with Crippen LogP contribution >= 0.6 is 0 Å². The maximum Gasteiger partial charge on any atom is 0.335 e. The monoisotopic (exact) mass is 392 g/mol. The molecule has 0 N–H and O–H groups in total. The van der Waals surface area contributed by atoms with Crippen molar-refractivity contribution in [1.29, 1.82) is 0 Å². The van der Waals surface area contributed by atoms with E-state index in [1.807, 2.05) is 6.92 Å². The first kappa shape index (κ1) is 26.6. The summed E-state index contributed by atoms with van der Waals surface area (Å²) >= 11 is 0. The number of unbranched alkanes of at least 4 members (excludes halogenated alkanes) is 6. The summed E-state index contributed by atoms with van der Waals surface area (Å²) in [7, 11) is 0. The summed E-state index contributed by atoms with van der Waals surface area (Å²) in [5, 5.41) is 0. The van der Waals surface area contributed by atoms with Gasteiger partial charge in [-0.05, 0) is 51.9 Å². The van der Waals surface area contributed by atoms with Crippen LogP contribution in [-0.2, 0) is 14.3 Å². The molecule has 0 radical (unpaired) electrons. The molecule has 0 heterocycles. The molecular formula is C25H44O3. The number of hydrogen-bond donors (Lipinski definition) is 0. The molecule has 0 saturated heterocycles. The molecule has 3 heteroatoms. The highest BCUT2D eigenvalue weighted by molar-refractivity contribution is 5.74. The van der Waals surface area contributed by atoms with Crippen molar-refractivity contribution >= 4 is 5.97 Å². The van der Waals surface area contributed by atoms with Crippen molar-refractivity contribution in [3.05, 3.63) is 36.5 Å². The van der Waals surface area contributed by atoms with E-state index in [1.54, 1.807) is 0 Å². The van der Waals surface area contributed by atoms with Gasteiger partial charge < -0.3 is 9.47 Å². The van der Waals surface area contributed by atoms with Crippen molar-refractivity contribution in [3.63, 3.8) is 0 Å². The Morgan fingerprint density at radius 3 is 2.04 bits per heavy atom. The zero-order valence-electron chi connectivity index (χ0n) is 18.7. The second-order valence-electron chi connectivity index (χ2n) is 7.10. The minimum atomic E-state index is -0.373. The molecule has 28 heavy (non-hydrogen) atoms. The predicted octanol–water partition coefficient (Wildman–Crippen LogP) is 7.32. The van der Waals surface area contributed by atoms with Crippen LogP contribution < -0.4 is 0 Å². The highest BCUT2D eigenvalue weighted by atomic mass is 16.6. The summed E-state index contributed by atoms with van der Waals surface area (Å²) in [6.45, 7) is 7.11. The van der Waals surface area contributed by atoms with Crippen molar-refractivity contribution in [1.82, 2.24) is 0 Å². The zero-order valence-corrected chi connectivity index (χ0v) is 18.7. The van der Waals surface area contributed by atoms with E-state index in [-0.39, 0.29) is 12.1 Å². The summed E-state index contributed by atoms with van der Waals surface area (Å²) < 4.78 is 10.7. The number of allylic oxidation sites excluding steroid dienone is 6. The molecule has 1 unspecified atom stereocenters. The SMILES string of the molecule is CCC=CCC=CCC=CCCCCCCCCC(OCCC)C(=O)OCC. The Labute approximate surface area is 174 Å². The fourth-order valence-corrected chi connectivity index (χ4v) is 2.89. The average molecular weight is 393 g/mol. The van der Waals surface area contributed by atoms with Crippen LogP contribution in [0.15, 0.2) is 36.5 Å². The largest absolute Gasteiger partial charge is 0.464 e. The molecule has 0 bridgehead atoms. The molecular weight excluding hydrogens is 348 g/mol. The number of carbonyl (C=O) groups excluding carboxylic acids is 1. The minimum Gasteiger partial charge on any atom is -0.464 e. The van der Waals surface area contributed by atoms with Crippen LogP contribution in [0.2, 0.25) is 0 Å². The van der Waals surface area contributed by atoms with Crippen LogP contribution in [0, 0.1) is 0 Å². The van der Waals surface area contributed by atoms with Gasteiger partial charge in [-0.2, -0.15) is 0 Å². The van der Waals surface area contributed by atoms with E-state index in [2.05, 4.69) is 50.3 Å². The third-order valence-corrected chi connectivity index (χ3v) is 4.44. The van der Waals surface area contributed by atoms with Crippen molar-refractivity contribution in [2.24, 2.45) is 0 Å². The predicted molar refractivity (Wildman–Crippen MR) is 121 cm³/mol. The second kappa shape index (κ2) is 21.9. The first-order valence-electron chi connectivity index (χ1n) is 11.5. The molecule has 162 valence electrons. The lowest BCUT2D eigenvalue weighted by Gasteiger charge is -2.15. The maximum atomic E-state index is 11.9. The Morgan fingerprint density at radius 2 is 1.39 bits per heavy atom. The Kier molecular flexibility index (Phi) is 20.9. The van der Waals surface area contributed by atoms with Gasteiger partial charge in [0, 0.05) is 6.61 Å². The Hall–Kier alpha value is -1.35. The lowest BCUT2D eigenvalue weighted by Crippen LogP contribution is -2.27. The van der Waals surface area contributed by atoms with Gasteiger partial charge in [0.25, 0.3) is 0 Å². The van der Waals surface area contributed by atoms with Crippen molar-refractivity contribution in [2.75, 3.05) is 13.2 Å². The third kappa shape index (κ3) is 18.0. The van der Waals surface area contributed by atoms with Gasteiger partial charge in [-0.15, -0.1) is 0 Å². The third-order valence-electron chi connectivity index (χ3n) is 4.44. The van der Waals surface area contributed by atoms with Crippen molar-refractivity contribution in [2.45, 2.75) is 104 Å². The van der Waals surface area contributed by atoms with Gasteiger partial charge in [-0.3, -0.25) is 0 Å². The van der Waals surface area contributed by atoms with E-state index in [9.17, 15) is 4.79 Å². The van der Waals surface area contributed by atoms with Gasteiger partial charge in [0.2, 0.25) is 0 Å². The summed E-state index contributed by atoms with van der Waals surface area (Å²) in [4.78, 5) is 11.9. The summed E-state index contributed by atoms with van der Waals surface area (Å²) in [6, 6.07) is 0. The number of esters is 1. The molecule has 0 aliphatic heterocycles. The quantitative estimate of drug-likeness (QED) is 0.131. The molecule has 0 fully saturated rings. The normalized spacial score (nSPS) is 13.1. The highest BCUT2D eigenvalue weighted by Crippen LogP contribution is 2.13. The lowest BCUT2D eigenvalue weighted by molar-refractivity contribution is -0.157. The molecule has 0 spiro atoms. The summed E-state index contributed by atoms with van der Waals surface area (Å²) in [6.07, 6.45) is 26.5. The van der Waals surface area contributed by atoms with E-state index in [4.69, 9.17) is 9.47 Å². The standard InChI is InChI=1S/C25H44O3/c1-4-7-8-9-10-11-12-13-14-15-16-17-18-19-20-21-22-24(28-23-5-2)25(26)27-6-3/h7-8,10-11,13-14,24H,4-6,9,12,15-23H2,1-3H3. The first-order valence-corrected chi connectivity index (χ1v) is 11.5. The fourth-order valence-electron chi connectivity index (χ4n) is 2.89. The highest BCUT2D eigenvalue weighted by Gasteiger charge is 2.19. The minimum absolute atomic E-state index is 0.199. The number of rotatable bonds is 19. The van der Waals surface area contributed by atoms with E-state index in [1.165, 1.54) is 38.5 Å². The van der Waals surface area contributed by atoms with Crippen LogP contribution in [0.25, 0.3) is 0 Å². The van der Waals surface area contributed by atoms with Gasteiger partial charge in [0.15, 0.2) is 6.10 Å². The smallest absolute Gasteiger partial charge is 0.335 e. The van der Waals surface area contributed by atoms with Gasteiger partial charge in [-0.25, -0.2) is 4.79 Å². The second-order valence-corrected chi connectivity index (χ2v) is 7.10. The van der Waals surface area contributed by atoms with Crippen LogP contribution in [0.5, 0.6) is 0 Å². The van der Waals surface area contributed by atoms with E-state index in [0.717, 1.165) is 38.5 Å². The molecule has 0 aromatic rings. The van der Waals surface area contributed by atoms with E-state index >= 15 is 0 Å². The van der Waals surface area contributed by atoms with E-state index in [0.29, 0.717) is 13.2 Å². The molecule has 0 aromatic carbocycles. The maximum absolute atomic E-state index is 11.9. The lowest BCUT2D eigenvalue weighted by atomic mass is 10.1. The Balaban J connectivity index is 3.58. The van der Waals surface area contributed by atoms with Gasteiger partial charge in [0.05, 0.1) is 6.61 Å². The average Bonchev–Trinajstić information content (AvgIpc) is 2.70. The molecule has 3 nitrogen and oxygen atoms in total. The molecule has 1 atom stereocenters. The van der Waals surface area contributed by atoms with E-state index < -0.39 is 0 Å². The van der Waals surface area contributed by atoms with Crippen LogP contribution in [0.1, 0.15) is 97.8 Å². The molecule has 0 aliphatic rings. The fraction of sp³-hybridized carbons (Fsp3) is 0.720. The van der Waals surface area contributed by atoms with Gasteiger partial charge in [0.1, 0.15) is 0 Å². The summed E-state index contributed by atoms with van der Waals surface area (Å²) in [5.41, 5.74) is 0. The van der Waals surface area contributed by atoms with Crippen LogP contribution in [0.3, 0.4) is 0 Å². The van der Waals surface area contributed by atoms with Crippen molar-refractivity contribution in [3.8, 4) is 0 Å². The van der Waals surface area contributed by atoms with Crippen LogP contribution in [0.4, 0.5) is 0 Å². The number of hydrogen-bond acceptors (Lipinski definition) is 3.